The molecule has 0 saturated carbocycles. The second-order valence-electron chi connectivity index (χ2n) is 15.4. The van der Waals surface area contributed by atoms with Crippen LogP contribution in [0, 0.1) is 19.1 Å². The van der Waals surface area contributed by atoms with E-state index in [1.165, 1.54) is 10.8 Å². The van der Waals surface area contributed by atoms with Crippen molar-refractivity contribution in [3.63, 3.8) is 0 Å². The van der Waals surface area contributed by atoms with Gasteiger partial charge in [0.15, 0.2) is 0 Å². The minimum Gasteiger partial charge on any atom is -0.501 e. The molecule has 0 aliphatic heterocycles. The third kappa shape index (κ3) is 6.58. The monoisotopic (exact) mass is 925 g/mol. The molecule has 0 saturated heterocycles. The van der Waals surface area contributed by atoms with Gasteiger partial charge in [-0.2, -0.15) is 0 Å². The Bertz CT molecular complexity index is 3030. The summed E-state index contributed by atoms with van der Waals surface area (Å²) in [7, 11) is -1.46. The van der Waals surface area contributed by atoms with Crippen LogP contribution in [0.25, 0.3) is 83.4 Å². The third-order valence-corrected chi connectivity index (χ3v) is 12.2. The summed E-state index contributed by atoms with van der Waals surface area (Å²) in [5.41, 5.74) is 11.3. The van der Waals surface area contributed by atoms with E-state index in [9.17, 15) is 0 Å². The fourth-order valence-electron chi connectivity index (χ4n) is 7.51. The molecule has 0 unspecified atom stereocenters. The van der Waals surface area contributed by atoms with E-state index >= 15 is 0 Å². The van der Waals surface area contributed by atoms with E-state index in [1.54, 1.807) is 0 Å². The van der Waals surface area contributed by atoms with Crippen molar-refractivity contribution in [2.45, 2.75) is 46.3 Å². The molecule has 5 aromatic carbocycles. The van der Waals surface area contributed by atoms with Crippen molar-refractivity contribution in [1.29, 1.82) is 0 Å². The predicted octanol–water partition coefficient (Wildman–Crippen LogP) is 12.2. The fraction of sp³-hybridized carbons (Fsp3) is 0.146. The average Bonchev–Trinajstić information content (AvgIpc) is 3.89. The zero-order valence-electron chi connectivity index (χ0n) is 32.1. The van der Waals surface area contributed by atoms with Crippen LogP contribution in [0.4, 0.5) is 0 Å². The van der Waals surface area contributed by atoms with Crippen LogP contribution in [0.5, 0.6) is 0 Å². The van der Waals surface area contributed by atoms with E-state index < -0.39 is 8.07 Å². The number of para-hydroxylation sites is 4. The summed E-state index contributed by atoms with van der Waals surface area (Å²) in [6.45, 7) is 13.6. The molecule has 5 heterocycles. The van der Waals surface area contributed by atoms with Crippen molar-refractivity contribution >= 4 is 68.3 Å². The zero-order chi connectivity index (χ0) is 37.8. The number of furan rings is 2. The second-order valence-corrected chi connectivity index (χ2v) is 20.4. The molecule has 0 aliphatic carbocycles. The first kappa shape index (κ1) is 37.3. The van der Waals surface area contributed by atoms with Gasteiger partial charge < -0.3 is 18.4 Å². The van der Waals surface area contributed by atoms with Crippen LogP contribution in [0.1, 0.15) is 31.0 Å². The van der Waals surface area contributed by atoms with Gasteiger partial charge in [-0.1, -0.05) is 116 Å². The maximum absolute atomic E-state index is 6.24. The predicted molar refractivity (Wildman–Crippen MR) is 228 cm³/mol. The maximum atomic E-state index is 6.24. The van der Waals surface area contributed by atoms with E-state index in [4.69, 9.17) is 18.8 Å². The van der Waals surface area contributed by atoms with Gasteiger partial charge in [0, 0.05) is 48.5 Å². The van der Waals surface area contributed by atoms with Gasteiger partial charge in [0.25, 0.3) is 0 Å². The van der Waals surface area contributed by atoms with E-state index in [2.05, 4.69) is 104 Å². The van der Waals surface area contributed by atoms with Gasteiger partial charge in [-0.15, -0.1) is 36.4 Å². The molecule has 8 heteroatoms. The number of benzene rings is 5. The summed E-state index contributed by atoms with van der Waals surface area (Å²) in [5, 5.41) is 5.71. The number of imidazole rings is 1. The summed E-state index contributed by atoms with van der Waals surface area (Å²) >= 11 is 0. The van der Waals surface area contributed by atoms with Crippen molar-refractivity contribution in [2.24, 2.45) is 0 Å². The average molecular weight is 925 g/mol. The number of rotatable bonds is 5. The standard InChI is InChI=1S/C25H15N2O.C23H25N2OSi.Ir/c1-2-9-17(10-3-1)27-22-15-6-5-14-21(22)26-25(27)20-13-8-12-19-18-11-4-7-16-23(18)28-24(19)20;1-14(2)19-12-20(24-13-21(19)27(4,5)6)18-9-7-8-16-17-11-10-15(3)25-23(17)26-22(16)18;/h1-12,14-16H;7-8,10-14H,1-6H3;/q2*-1;. The Morgan fingerprint density at radius 3 is 2.12 bits per heavy atom. The summed E-state index contributed by atoms with van der Waals surface area (Å²) < 4.78 is 14.6. The Morgan fingerprint density at radius 2 is 1.36 bits per heavy atom. The number of nitrogens with zero attached hydrogens (tertiary/aromatic N) is 4. The number of hydrogen-bond donors (Lipinski definition) is 0. The van der Waals surface area contributed by atoms with Gasteiger partial charge >= 0.3 is 0 Å². The molecule has 6 nitrogen and oxygen atoms in total. The first-order valence-corrected chi connectivity index (χ1v) is 22.2. The summed E-state index contributed by atoms with van der Waals surface area (Å²) in [5.74, 6) is 1.28. The molecule has 56 heavy (non-hydrogen) atoms. The van der Waals surface area contributed by atoms with E-state index in [0.717, 1.165) is 83.4 Å². The molecule has 0 N–H and O–H groups in total. The molecular weight excluding hydrogens is 885 g/mol. The Balaban J connectivity index is 0.000000155. The Morgan fingerprint density at radius 1 is 0.679 bits per heavy atom. The van der Waals surface area contributed by atoms with Crippen LogP contribution in [-0.4, -0.2) is 27.6 Å². The number of pyridine rings is 2. The minimum atomic E-state index is -1.46. The van der Waals surface area contributed by atoms with Crippen molar-refractivity contribution in [3.05, 3.63) is 151 Å². The molecule has 5 aromatic heterocycles. The quantitative estimate of drug-likeness (QED) is 0.127. The molecule has 0 fully saturated rings. The van der Waals surface area contributed by atoms with E-state index in [0.29, 0.717) is 11.6 Å². The van der Waals surface area contributed by atoms with Crippen LogP contribution in [0.15, 0.2) is 136 Å². The second kappa shape index (κ2) is 14.8. The SMILES string of the molecule is Cc1ccc2c(n1)oc1c(-c3cc(C(C)C)c([Si](C)(C)C)cn3)[c-]ccc12.[Ir].[c-]1ccc2c(oc3ccccc32)c1-c1nc2ccccc2n1-c1ccccc1. The van der Waals surface area contributed by atoms with Gasteiger partial charge in [0.05, 0.1) is 36.1 Å². The van der Waals surface area contributed by atoms with Crippen LogP contribution >= 0.6 is 0 Å². The smallest absolute Gasteiger partial charge is 0.216 e. The largest absolute Gasteiger partial charge is 0.501 e. The van der Waals surface area contributed by atoms with Crippen LogP contribution in [0.3, 0.4) is 0 Å². The number of hydrogen-bond acceptors (Lipinski definition) is 5. The van der Waals surface area contributed by atoms with Gasteiger partial charge in [-0.05, 0) is 66.2 Å². The minimum absolute atomic E-state index is 0. The summed E-state index contributed by atoms with van der Waals surface area (Å²) in [4.78, 5) is 14.3. The normalized spacial score (nSPS) is 11.8. The van der Waals surface area contributed by atoms with Gasteiger partial charge in [-0.3, -0.25) is 4.98 Å². The van der Waals surface area contributed by atoms with Gasteiger partial charge in [0.1, 0.15) is 5.58 Å². The van der Waals surface area contributed by atoms with Gasteiger partial charge in [0.2, 0.25) is 5.71 Å². The fourth-order valence-corrected chi connectivity index (χ4v) is 9.18. The third-order valence-electron chi connectivity index (χ3n) is 10.2. The Labute approximate surface area is 340 Å². The van der Waals surface area contributed by atoms with Crippen molar-refractivity contribution in [1.82, 2.24) is 19.5 Å². The Kier molecular flexibility index (Phi) is 9.83. The number of fused-ring (bicyclic) bond motifs is 7. The summed E-state index contributed by atoms with van der Waals surface area (Å²) in [6.07, 6.45) is 2.08. The van der Waals surface area contributed by atoms with E-state index in [-0.39, 0.29) is 20.1 Å². The topological polar surface area (TPSA) is 69.9 Å². The van der Waals surface area contributed by atoms with Crippen molar-refractivity contribution in [2.75, 3.05) is 0 Å². The molecular formula is C48H40IrN4O2Si-2. The first-order chi connectivity index (χ1) is 26.7. The Hall–Kier alpha value is -5.66. The van der Waals surface area contributed by atoms with Crippen LogP contribution in [-0.2, 0) is 20.1 Å². The molecule has 0 aliphatic rings. The molecule has 1 radical (unpaired) electrons. The van der Waals surface area contributed by atoms with Gasteiger partial charge in [-0.25, -0.2) is 4.98 Å². The number of aryl methyl sites for hydroxylation is 1. The molecule has 0 bridgehead atoms. The summed E-state index contributed by atoms with van der Waals surface area (Å²) in [6, 6.07) is 47.7. The van der Waals surface area contributed by atoms with Crippen molar-refractivity contribution in [3.8, 4) is 28.3 Å². The molecule has 0 amide bonds. The first-order valence-electron chi connectivity index (χ1n) is 18.7. The van der Waals surface area contributed by atoms with Crippen LogP contribution < -0.4 is 5.19 Å². The molecule has 0 spiro atoms. The molecule has 0 atom stereocenters. The molecule has 10 aromatic rings. The zero-order valence-corrected chi connectivity index (χ0v) is 35.5. The van der Waals surface area contributed by atoms with Crippen LogP contribution in [0.2, 0.25) is 19.6 Å². The van der Waals surface area contributed by atoms with Crippen molar-refractivity contribution < 1.29 is 28.9 Å². The molecule has 279 valence electrons. The van der Waals surface area contributed by atoms with E-state index in [1.807, 2.05) is 85.8 Å². The maximum Gasteiger partial charge on any atom is 0.216 e. The molecule has 10 rings (SSSR count). The number of aromatic nitrogens is 4.